The van der Waals surface area contributed by atoms with Gasteiger partial charge in [0.25, 0.3) is 5.91 Å². The average Bonchev–Trinajstić information content (AvgIpc) is 3.23. The van der Waals surface area contributed by atoms with Crippen LogP contribution in [0, 0.1) is 0 Å². The first-order valence-corrected chi connectivity index (χ1v) is 7.00. The normalized spacial score (nSPS) is 14.3. The molecular formula is C16H14N4O. The molecule has 0 spiro atoms. The first-order valence-electron chi connectivity index (χ1n) is 7.00. The Balaban J connectivity index is 1.77. The number of hydrogen-bond donors (Lipinski definition) is 2. The molecule has 0 saturated heterocycles. The summed E-state index contributed by atoms with van der Waals surface area (Å²) in [6.07, 6.45) is 5.68. The zero-order chi connectivity index (χ0) is 14.2. The monoisotopic (exact) mass is 278 g/mol. The van der Waals surface area contributed by atoms with Crippen LogP contribution in [-0.4, -0.2) is 27.1 Å². The van der Waals surface area contributed by atoms with Gasteiger partial charge in [-0.25, -0.2) is 0 Å². The van der Waals surface area contributed by atoms with Gasteiger partial charge in [0, 0.05) is 29.4 Å². The van der Waals surface area contributed by atoms with Crippen molar-refractivity contribution in [2.24, 2.45) is 0 Å². The lowest BCUT2D eigenvalue weighted by molar-refractivity contribution is 0.0947. The van der Waals surface area contributed by atoms with E-state index in [0.29, 0.717) is 11.7 Å². The predicted molar refractivity (Wildman–Crippen MR) is 79.8 cm³/mol. The van der Waals surface area contributed by atoms with Gasteiger partial charge in [-0.3, -0.25) is 14.9 Å². The summed E-state index contributed by atoms with van der Waals surface area (Å²) < 4.78 is 0. The fourth-order valence-corrected chi connectivity index (χ4v) is 2.38. The van der Waals surface area contributed by atoms with Crippen molar-refractivity contribution in [2.45, 2.75) is 18.9 Å². The Hall–Kier alpha value is -2.69. The van der Waals surface area contributed by atoms with E-state index in [-0.39, 0.29) is 5.91 Å². The van der Waals surface area contributed by atoms with Gasteiger partial charge >= 0.3 is 0 Å². The van der Waals surface area contributed by atoms with Crippen molar-refractivity contribution >= 4 is 16.8 Å². The fraction of sp³-hybridized carbons (Fsp3) is 0.188. The summed E-state index contributed by atoms with van der Waals surface area (Å²) in [5, 5.41) is 10.9. The van der Waals surface area contributed by atoms with Gasteiger partial charge in [-0.1, -0.05) is 12.1 Å². The minimum absolute atomic E-state index is 0.105. The highest BCUT2D eigenvalue weighted by Gasteiger charge is 2.25. The second-order valence-corrected chi connectivity index (χ2v) is 5.32. The average molecular weight is 278 g/mol. The Labute approximate surface area is 121 Å². The number of nitrogens with one attached hydrogen (secondary N) is 2. The number of carbonyl (C=O) groups excluding carboxylic acids is 1. The van der Waals surface area contributed by atoms with Gasteiger partial charge in [0.05, 0.1) is 5.52 Å². The lowest BCUT2D eigenvalue weighted by atomic mass is 10.0. The molecular weight excluding hydrogens is 264 g/mol. The zero-order valence-corrected chi connectivity index (χ0v) is 11.3. The number of fused-ring (bicyclic) bond motifs is 1. The molecule has 1 amide bonds. The lowest BCUT2D eigenvalue weighted by Gasteiger charge is -2.03. The maximum atomic E-state index is 12.2. The third kappa shape index (κ3) is 2.27. The van der Waals surface area contributed by atoms with Crippen molar-refractivity contribution in [2.75, 3.05) is 0 Å². The number of rotatable bonds is 3. The van der Waals surface area contributed by atoms with Crippen molar-refractivity contribution in [1.29, 1.82) is 0 Å². The van der Waals surface area contributed by atoms with Crippen LogP contribution in [0.3, 0.4) is 0 Å². The molecule has 0 unspecified atom stereocenters. The quantitative estimate of drug-likeness (QED) is 0.773. The van der Waals surface area contributed by atoms with E-state index in [1.54, 1.807) is 6.20 Å². The SMILES string of the molecule is O=C(NC1CC1)c1n[nH]c2ccc(-c3cccnc3)cc12. The smallest absolute Gasteiger partial charge is 0.272 e. The van der Waals surface area contributed by atoms with E-state index in [2.05, 4.69) is 20.5 Å². The molecule has 5 nitrogen and oxygen atoms in total. The van der Waals surface area contributed by atoms with Gasteiger partial charge in [0.2, 0.25) is 0 Å². The third-order valence-corrected chi connectivity index (χ3v) is 3.69. The predicted octanol–water partition coefficient (Wildman–Crippen LogP) is 2.52. The number of hydrogen-bond acceptors (Lipinski definition) is 3. The van der Waals surface area contributed by atoms with Crippen LogP contribution >= 0.6 is 0 Å². The molecule has 0 aliphatic heterocycles. The molecule has 0 bridgehead atoms. The van der Waals surface area contributed by atoms with Gasteiger partial charge in [0.15, 0.2) is 5.69 Å². The highest BCUT2D eigenvalue weighted by atomic mass is 16.2. The summed E-state index contributed by atoms with van der Waals surface area (Å²) >= 11 is 0. The van der Waals surface area contributed by atoms with Crippen LogP contribution in [0.2, 0.25) is 0 Å². The molecule has 104 valence electrons. The third-order valence-electron chi connectivity index (χ3n) is 3.69. The molecule has 2 N–H and O–H groups in total. The molecule has 1 aliphatic rings. The largest absolute Gasteiger partial charge is 0.348 e. The van der Waals surface area contributed by atoms with E-state index < -0.39 is 0 Å². The van der Waals surface area contributed by atoms with Gasteiger partial charge < -0.3 is 5.32 Å². The van der Waals surface area contributed by atoms with E-state index in [0.717, 1.165) is 34.9 Å². The number of nitrogens with zero attached hydrogens (tertiary/aromatic N) is 2. The Morgan fingerprint density at radius 1 is 1.24 bits per heavy atom. The molecule has 2 heterocycles. The van der Waals surface area contributed by atoms with Crippen molar-refractivity contribution < 1.29 is 4.79 Å². The highest BCUT2D eigenvalue weighted by Crippen LogP contribution is 2.25. The lowest BCUT2D eigenvalue weighted by Crippen LogP contribution is -2.25. The number of amides is 1. The maximum Gasteiger partial charge on any atom is 0.272 e. The summed E-state index contributed by atoms with van der Waals surface area (Å²) in [6, 6.07) is 10.1. The maximum absolute atomic E-state index is 12.2. The Morgan fingerprint density at radius 2 is 2.14 bits per heavy atom. The topological polar surface area (TPSA) is 70.7 Å². The Bertz CT molecular complexity index is 806. The molecule has 1 aliphatic carbocycles. The van der Waals surface area contributed by atoms with Crippen LogP contribution in [0.4, 0.5) is 0 Å². The minimum atomic E-state index is -0.105. The van der Waals surface area contributed by atoms with Crippen LogP contribution in [0.1, 0.15) is 23.3 Å². The zero-order valence-electron chi connectivity index (χ0n) is 11.3. The van der Waals surface area contributed by atoms with Crippen LogP contribution in [0.25, 0.3) is 22.0 Å². The minimum Gasteiger partial charge on any atom is -0.348 e. The van der Waals surface area contributed by atoms with Gasteiger partial charge in [-0.2, -0.15) is 5.10 Å². The number of benzene rings is 1. The van der Waals surface area contributed by atoms with E-state index in [9.17, 15) is 4.79 Å². The van der Waals surface area contributed by atoms with Crippen molar-refractivity contribution in [3.63, 3.8) is 0 Å². The molecule has 1 fully saturated rings. The fourth-order valence-electron chi connectivity index (χ4n) is 2.38. The van der Waals surface area contributed by atoms with E-state index in [1.807, 2.05) is 36.5 Å². The van der Waals surface area contributed by atoms with Crippen LogP contribution in [0.15, 0.2) is 42.7 Å². The molecule has 5 heteroatoms. The van der Waals surface area contributed by atoms with Crippen molar-refractivity contribution in [3.8, 4) is 11.1 Å². The first kappa shape index (κ1) is 12.1. The number of carbonyl (C=O) groups is 1. The molecule has 2 aromatic heterocycles. The molecule has 21 heavy (non-hydrogen) atoms. The summed E-state index contributed by atoms with van der Waals surface area (Å²) in [7, 11) is 0. The molecule has 3 aromatic rings. The van der Waals surface area contributed by atoms with Gasteiger partial charge in [0.1, 0.15) is 0 Å². The Morgan fingerprint density at radius 3 is 2.90 bits per heavy atom. The first-order chi connectivity index (χ1) is 10.3. The summed E-state index contributed by atoms with van der Waals surface area (Å²) in [4.78, 5) is 16.3. The van der Waals surface area contributed by atoms with E-state index >= 15 is 0 Å². The van der Waals surface area contributed by atoms with Gasteiger partial charge in [-0.05, 0) is 36.6 Å². The second kappa shape index (κ2) is 4.70. The standard InChI is InChI=1S/C16H14N4O/c21-16(18-12-4-5-12)15-13-8-10(3-6-14(13)19-20-15)11-2-1-7-17-9-11/h1-3,6-9,12H,4-5H2,(H,18,21)(H,19,20). The number of aromatic nitrogens is 3. The summed E-state index contributed by atoms with van der Waals surface area (Å²) in [5.74, 6) is -0.105. The van der Waals surface area contributed by atoms with Crippen molar-refractivity contribution in [3.05, 3.63) is 48.4 Å². The number of H-pyrrole nitrogens is 1. The molecule has 0 atom stereocenters. The van der Waals surface area contributed by atoms with Crippen LogP contribution < -0.4 is 5.32 Å². The molecule has 4 rings (SSSR count). The van der Waals surface area contributed by atoms with E-state index in [1.165, 1.54) is 0 Å². The highest BCUT2D eigenvalue weighted by molar-refractivity contribution is 6.05. The summed E-state index contributed by atoms with van der Waals surface area (Å²) in [5.41, 5.74) is 3.37. The summed E-state index contributed by atoms with van der Waals surface area (Å²) in [6.45, 7) is 0. The van der Waals surface area contributed by atoms with E-state index in [4.69, 9.17) is 0 Å². The van der Waals surface area contributed by atoms with Crippen LogP contribution in [0.5, 0.6) is 0 Å². The molecule has 1 saturated carbocycles. The number of aromatic amines is 1. The van der Waals surface area contributed by atoms with Gasteiger partial charge in [-0.15, -0.1) is 0 Å². The molecule has 0 radical (unpaired) electrons. The Kier molecular flexibility index (Phi) is 2.70. The van der Waals surface area contributed by atoms with Crippen molar-refractivity contribution in [1.82, 2.24) is 20.5 Å². The second-order valence-electron chi connectivity index (χ2n) is 5.32. The molecule has 1 aromatic carbocycles. The number of pyridine rings is 1. The van der Waals surface area contributed by atoms with Crippen LogP contribution in [-0.2, 0) is 0 Å².